The van der Waals surface area contributed by atoms with Gasteiger partial charge in [-0.2, -0.15) is 0 Å². The molecule has 54 valence electrons. The Balaban J connectivity index is 2.55. The first kappa shape index (κ1) is 7.14. The van der Waals surface area contributed by atoms with Crippen LogP contribution in [-0.4, -0.2) is 24.1 Å². The second-order valence-corrected chi connectivity index (χ2v) is 2.72. The third-order valence-electron chi connectivity index (χ3n) is 0.728. The van der Waals surface area contributed by atoms with Crippen LogP contribution in [0.15, 0.2) is 21.9 Å². The minimum Gasteiger partial charge on any atom is -0.284 e. The van der Waals surface area contributed by atoms with Crippen molar-refractivity contribution in [3.8, 4) is 0 Å². The molecule has 0 aliphatic carbocycles. The van der Waals surface area contributed by atoms with E-state index in [1.807, 2.05) is 19.5 Å². The number of nitrogens with zero attached hydrogens (tertiary/aromatic N) is 4. The number of rotatable bonds is 2. The number of hydrogen-bond donors (Lipinski definition) is 0. The maximum atomic E-state index is 3.92. The van der Waals surface area contributed by atoms with Gasteiger partial charge in [0.05, 0.1) is 0 Å². The van der Waals surface area contributed by atoms with Crippen LogP contribution in [0.4, 0.5) is 5.13 Å². The van der Waals surface area contributed by atoms with Crippen LogP contribution in [0.25, 0.3) is 0 Å². The zero-order valence-corrected chi connectivity index (χ0v) is 6.67. The van der Waals surface area contributed by atoms with Gasteiger partial charge in [-0.05, 0) is 0 Å². The molecular formula is C5H8N4S. The van der Waals surface area contributed by atoms with E-state index in [9.17, 15) is 0 Å². The molecule has 0 fully saturated rings. The first-order valence-electron chi connectivity index (χ1n) is 2.77. The minimum absolute atomic E-state index is 0.689. The van der Waals surface area contributed by atoms with E-state index in [1.165, 1.54) is 11.3 Å². The van der Waals surface area contributed by atoms with Crippen molar-refractivity contribution in [2.24, 2.45) is 10.3 Å². The van der Waals surface area contributed by atoms with Gasteiger partial charge in [-0.25, -0.2) is 4.98 Å². The Hall–Kier alpha value is -0.970. The van der Waals surface area contributed by atoms with Crippen LogP contribution >= 0.6 is 11.3 Å². The molecule has 0 spiro atoms. The molecule has 0 amide bonds. The van der Waals surface area contributed by atoms with Gasteiger partial charge in [0.25, 0.3) is 0 Å². The standard InChI is InChI=1S/C5H8N4S/c1-9(2)8-7-5-6-3-4-10-5/h3-4H,1-2H3/b8-7-. The summed E-state index contributed by atoms with van der Waals surface area (Å²) in [6, 6.07) is 0. The van der Waals surface area contributed by atoms with E-state index in [0.29, 0.717) is 5.13 Å². The average molecular weight is 156 g/mol. The molecule has 5 heteroatoms. The number of hydrogen-bond acceptors (Lipinski definition) is 4. The molecular weight excluding hydrogens is 148 g/mol. The van der Waals surface area contributed by atoms with Crippen LogP contribution in [0, 0.1) is 0 Å². The Morgan fingerprint density at radius 1 is 1.60 bits per heavy atom. The van der Waals surface area contributed by atoms with Crippen LogP contribution in [-0.2, 0) is 0 Å². The largest absolute Gasteiger partial charge is 0.284 e. The monoisotopic (exact) mass is 156 g/mol. The van der Waals surface area contributed by atoms with Crippen molar-refractivity contribution >= 4 is 16.5 Å². The molecule has 0 atom stereocenters. The first-order chi connectivity index (χ1) is 4.79. The molecule has 4 nitrogen and oxygen atoms in total. The van der Waals surface area contributed by atoms with Gasteiger partial charge in [-0.1, -0.05) is 5.22 Å². The SMILES string of the molecule is CN(C)/N=N\c1nccs1. The van der Waals surface area contributed by atoms with Crippen LogP contribution in [0.3, 0.4) is 0 Å². The second kappa shape index (κ2) is 3.26. The minimum atomic E-state index is 0.689. The van der Waals surface area contributed by atoms with Crippen LogP contribution in [0.5, 0.6) is 0 Å². The fourth-order valence-corrected chi connectivity index (χ4v) is 0.842. The maximum Gasteiger partial charge on any atom is 0.231 e. The summed E-state index contributed by atoms with van der Waals surface area (Å²) in [5.41, 5.74) is 0. The van der Waals surface area contributed by atoms with Crippen LogP contribution in [0.1, 0.15) is 0 Å². The van der Waals surface area contributed by atoms with E-state index in [0.717, 1.165) is 0 Å². The van der Waals surface area contributed by atoms with Crippen molar-refractivity contribution in [3.05, 3.63) is 11.6 Å². The quantitative estimate of drug-likeness (QED) is 0.483. The van der Waals surface area contributed by atoms with Crippen LogP contribution < -0.4 is 0 Å². The highest BCUT2D eigenvalue weighted by atomic mass is 32.1. The molecule has 0 N–H and O–H groups in total. The first-order valence-corrected chi connectivity index (χ1v) is 3.65. The molecule has 0 bridgehead atoms. The smallest absolute Gasteiger partial charge is 0.231 e. The molecule has 1 aromatic rings. The maximum absolute atomic E-state index is 3.92. The van der Waals surface area contributed by atoms with Crippen molar-refractivity contribution in [1.82, 2.24) is 9.99 Å². The summed E-state index contributed by atoms with van der Waals surface area (Å²) in [5, 5.41) is 11.8. The van der Waals surface area contributed by atoms with Gasteiger partial charge in [0.1, 0.15) is 0 Å². The molecule has 0 aliphatic rings. The van der Waals surface area contributed by atoms with Crippen molar-refractivity contribution in [2.75, 3.05) is 14.1 Å². The summed E-state index contributed by atoms with van der Waals surface area (Å²) < 4.78 is 0. The fraction of sp³-hybridized carbons (Fsp3) is 0.400. The van der Waals surface area contributed by atoms with Gasteiger partial charge < -0.3 is 0 Å². The van der Waals surface area contributed by atoms with E-state index in [4.69, 9.17) is 0 Å². The second-order valence-electron chi connectivity index (χ2n) is 1.85. The van der Waals surface area contributed by atoms with Gasteiger partial charge in [0.15, 0.2) is 0 Å². The Morgan fingerprint density at radius 2 is 2.40 bits per heavy atom. The van der Waals surface area contributed by atoms with Crippen LogP contribution in [0.2, 0.25) is 0 Å². The van der Waals surface area contributed by atoms with E-state index in [-0.39, 0.29) is 0 Å². The molecule has 1 rings (SSSR count). The van der Waals surface area contributed by atoms with Gasteiger partial charge in [0, 0.05) is 25.7 Å². The predicted octanol–water partition coefficient (Wildman–Crippen LogP) is 1.70. The van der Waals surface area contributed by atoms with E-state index in [2.05, 4.69) is 15.3 Å². The summed E-state index contributed by atoms with van der Waals surface area (Å²) in [6.07, 6.45) is 1.70. The lowest BCUT2D eigenvalue weighted by Gasteiger charge is -1.97. The van der Waals surface area contributed by atoms with Gasteiger partial charge >= 0.3 is 0 Å². The van der Waals surface area contributed by atoms with Crippen molar-refractivity contribution < 1.29 is 0 Å². The summed E-state index contributed by atoms with van der Waals surface area (Å²) in [7, 11) is 3.63. The van der Waals surface area contributed by atoms with Crippen molar-refractivity contribution in [1.29, 1.82) is 0 Å². The fourth-order valence-electron chi connectivity index (χ4n) is 0.393. The summed E-state index contributed by atoms with van der Waals surface area (Å²) in [4.78, 5) is 3.92. The lowest BCUT2D eigenvalue weighted by molar-refractivity contribution is 0.408. The summed E-state index contributed by atoms with van der Waals surface area (Å²) in [5.74, 6) is 0. The van der Waals surface area contributed by atoms with E-state index >= 15 is 0 Å². The molecule has 0 radical (unpaired) electrons. The highest BCUT2D eigenvalue weighted by Gasteiger charge is 1.88. The van der Waals surface area contributed by atoms with Gasteiger partial charge in [0.2, 0.25) is 5.13 Å². The zero-order chi connectivity index (χ0) is 7.40. The summed E-state index contributed by atoms with van der Waals surface area (Å²) in [6.45, 7) is 0. The highest BCUT2D eigenvalue weighted by Crippen LogP contribution is 2.14. The lowest BCUT2D eigenvalue weighted by atomic mass is 11.0. The Kier molecular flexibility index (Phi) is 2.33. The molecule has 0 saturated carbocycles. The van der Waals surface area contributed by atoms with E-state index < -0.39 is 0 Å². The van der Waals surface area contributed by atoms with E-state index in [1.54, 1.807) is 11.2 Å². The molecule has 1 aromatic heterocycles. The molecule has 0 unspecified atom stereocenters. The average Bonchev–Trinajstić information content (AvgIpc) is 2.34. The zero-order valence-electron chi connectivity index (χ0n) is 5.85. The topological polar surface area (TPSA) is 40.9 Å². The van der Waals surface area contributed by atoms with Gasteiger partial charge in [-0.3, -0.25) is 5.01 Å². The lowest BCUT2D eigenvalue weighted by Crippen LogP contribution is -1.98. The highest BCUT2D eigenvalue weighted by molar-refractivity contribution is 7.13. The number of aromatic nitrogens is 1. The van der Waals surface area contributed by atoms with Gasteiger partial charge in [-0.15, -0.1) is 16.5 Å². The third-order valence-corrected chi connectivity index (χ3v) is 1.38. The molecule has 0 aliphatic heterocycles. The number of thiazole rings is 1. The third kappa shape index (κ3) is 2.10. The normalized spacial score (nSPS) is 10.6. The Labute approximate surface area is 63.2 Å². The Bertz CT molecular complexity index is 203. The molecule has 0 saturated heterocycles. The molecule has 0 aromatic carbocycles. The summed E-state index contributed by atoms with van der Waals surface area (Å²) >= 11 is 1.47. The van der Waals surface area contributed by atoms with Crippen molar-refractivity contribution in [2.45, 2.75) is 0 Å². The van der Waals surface area contributed by atoms with Crippen molar-refractivity contribution in [3.63, 3.8) is 0 Å². The molecule has 1 heterocycles. The predicted molar refractivity (Wildman–Crippen MR) is 40.3 cm³/mol. The Morgan fingerprint density at radius 3 is 2.90 bits per heavy atom. The molecule has 10 heavy (non-hydrogen) atoms.